The highest BCUT2D eigenvalue weighted by atomic mass is 19.1. The fourth-order valence-corrected chi connectivity index (χ4v) is 6.08. The van der Waals surface area contributed by atoms with Crippen molar-refractivity contribution in [2.75, 3.05) is 0 Å². The number of phenolic OH excluding ortho intramolecular Hbond substituents is 2. The first-order chi connectivity index (χ1) is 17.8. The van der Waals surface area contributed by atoms with Crippen LogP contribution in [0, 0.1) is 17.0 Å². The zero-order valence-corrected chi connectivity index (χ0v) is 20.5. The van der Waals surface area contributed by atoms with Crippen LogP contribution in [0.15, 0.2) is 96.1 Å². The zero-order chi connectivity index (χ0) is 25.9. The summed E-state index contributed by atoms with van der Waals surface area (Å²) in [5.41, 5.74) is 6.41. The maximum absolute atomic E-state index is 14.4. The number of benzene rings is 4. The number of allylic oxidation sites excluding steroid dienone is 2. The maximum Gasteiger partial charge on any atom is 0.123 e. The maximum atomic E-state index is 14.4. The number of hydrogen-bond donors (Lipinski definition) is 2. The van der Waals surface area contributed by atoms with Crippen LogP contribution in [-0.4, -0.2) is 10.2 Å². The molecule has 0 fully saturated rings. The lowest BCUT2D eigenvalue weighted by Gasteiger charge is -2.37. The quantitative estimate of drug-likeness (QED) is 0.302. The molecule has 4 heteroatoms. The van der Waals surface area contributed by atoms with Gasteiger partial charge in [0.25, 0.3) is 0 Å². The van der Waals surface area contributed by atoms with Crippen LogP contribution >= 0.6 is 0 Å². The molecule has 2 unspecified atom stereocenters. The van der Waals surface area contributed by atoms with Crippen LogP contribution < -0.4 is 0 Å². The Morgan fingerprint density at radius 1 is 0.568 bits per heavy atom. The Bertz CT molecular complexity index is 1490. The second-order valence-corrected chi connectivity index (χ2v) is 10.4. The van der Waals surface area contributed by atoms with Gasteiger partial charge in [-0.15, -0.1) is 0 Å². The van der Waals surface area contributed by atoms with Crippen LogP contribution in [0.2, 0.25) is 0 Å². The van der Waals surface area contributed by atoms with Crippen LogP contribution in [-0.2, 0) is 0 Å². The predicted molar refractivity (Wildman–Crippen MR) is 142 cm³/mol. The van der Waals surface area contributed by atoms with E-state index in [4.69, 9.17) is 0 Å². The molecule has 2 N–H and O–H groups in total. The summed E-state index contributed by atoms with van der Waals surface area (Å²) >= 11 is 0. The highest BCUT2D eigenvalue weighted by Gasteiger charge is 2.44. The number of rotatable bonds is 4. The molecular formula is C33H26F2O2. The van der Waals surface area contributed by atoms with Crippen molar-refractivity contribution in [3.8, 4) is 11.5 Å². The molecule has 0 radical (unpaired) electrons. The molecule has 0 heterocycles. The smallest absolute Gasteiger partial charge is 0.123 e. The normalized spacial score (nSPS) is 18.3. The minimum atomic E-state index is -0.606. The summed E-state index contributed by atoms with van der Waals surface area (Å²) in [5.74, 6) is -1.49. The summed E-state index contributed by atoms with van der Waals surface area (Å²) in [6.07, 6.45) is 4.24. The van der Waals surface area contributed by atoms with E-state index in [1.54, 1.807) is 0 Å². The monoisotopic (exact) mass is 492 g/mol. The lowest BCUT2D eigenvalue weighted by atomic mass is 9.66. The van der Waals surface area contributed by atoms with E-state index in [0.717, 1.165) is 33.4 Å². The number of hydrogen-bond acceptors (Lipinski definition) is 2. The molecule has 184 valence electrons. The Kier molecular flexibility index (Phi) is 5.30. The van der Waals surface area contributed by atoms with Crippen molar-refractivity contribution >= 4 is 12.2 Å². The summed E-state index contributed by atoms with van der Waals surface area (Å²) in [7, 11) is 0. The van der Waals surface area contributed by atoms with E-state index in [-0.39, 0.29) is 23.3 Å². The summed E-state index contributed by atoms with van der Waals surface area (Å²) < 4.78 is 28.9. The molecular weight excluding hydrogens is 466 g/mol. The third-order valence-electron chi connectivity index (χ3n) is 7.90. The van der Waals surface area contributed by atoms with E-state index in [0.29, 0.717) is 11.1 Å². The van der Waals surface area contributed by atoms with Gasteiger partial charge in [0.05, 0.1) is 0 Å². The first kappa shape index (κ1) is 23.2. The molecule has 4 aromatic carbocycles. The van der Waals surface area contributed by atoms with Gasteiger partial charge < -0.3 is 10.2 Å². The van der Waals surface area contributed by atoms with Gasteiger partial charge in [-0.25, -0.2) is 8.78 Å². The van der Waals surface area contributed by atoms with Crippen LogP contribution in [0.4, 0.5) is 8.78 Å². The number of fused-ring (bicyclic) bond motifs is 2. The number of halogens is 2. The van der Waals surface area contributed by atoms with E-state index in [1.807, 2.05) is 48.5 Å². The SMILES string of the molecule is CC(C)(C1=Cc2ccccc2C1c1cc(F)ccc1O)C1=Cc2ccccc2C1c1cc(F)ccc1O. The molecule has 0 spiro atoms. The highest BCUT2D eigenvalue weighted by Crippen LogP contribution is 2.58. The van der Waals surface area contributed by atoms with E-state index in [9.17, 15) is 19.0 Å². The Labute approximate surface area is 214 Å². The van der Waals surface area contributed by atoms with E-state index < -0.39 is 17.0 Å². The molecule has 0 aliphatic heterocycles. The molecule has 37 heavy (non-hydrogen) atoms. The zero-order valence-electron chi connectivity index (χ0n) is 20.5. The average molecular weight is 493 g/mol. The Morgan fingerprint density at radius 2 is 0.973 bits per heavy atom. The van der Waals surface area contributed by atoms with E-state index >= 15 is 0 Å². The highest BCUT2D eigenvalue weighted by molar-refractivity contribution is 5.77. The molecule has 0 saturated carbocycles. The van der Waals surface area contributed by atoms with Crippen molar-refractivity contribution in [1.82, 2.24) is 0 Å². The van der Waals surface area contributed by atoms with Crippen LogP contribution in [0.3, 0.4) is 0 Å². The van der Waals surface area contributed by atoms with Crippen molar-refractivity contribution in [2.45, 2.75) is 25.7 Å². The van der Waals surface area contributed by atoms with Crippen molar-refractivity contribution in [2.24, 2.45) is 5.41 Å². The average Bonchev–Trinajstić information content (AvgIpc) is 3.47. The second-order valence-electron chi connectivity index (χ2n) is 10.4. The lowest BCUT2D eigenvalue weighted by molar-refractivity contribution is 0.448. The molecule has 2 atom stereocenters. The summed E-state index contributed by atoms with van der Waals surface area (Å²) in [5, 5.41) is 21.7. The minimum Gasteiger partial charge on any atom is -0.508 e. The van der Waals surface area contributed by atoms with Gasteiger partial charge >= 0.3 is 0 Å². The van der Waals surface area contributed by atoms with Crippen LogP contribution in [0.5, 0.6) is 11.5 Å². The van der Waals surface area contributed by atoms with Gasteiger partial charge in [0.15, 0.2) is 0 Å². The second kappa shape index (κ2) is 8.45. The van der Waals surface area contributed by atoms with Gasteiger partial charge in [-0.2, -0.15) is 0 Å². The topological polar surface area (TPSA) is 40.5 Å². The van der Waals surface area contributed by atoms with Crippen LogP contribution in [0.1, 0.15) is 59.1 Å². The van der Waals surface area contributed by atoms with Crippen molar-refractivity contribution in [3.63, 3.8) is 0 Å². The largest absolute Gasteiger partial charge is 0.508 e. The molecule has 2 nitrogen and oxygen atoms in total. The molecule has 4 aromatic rings. The first-order valence-electron chi connectivity index (χ1n) is 12.3. The van der Waals surface area contributed by atoms with Gasteiger partial charge in [0, 0.05) is 28.4 Å². The molecule has 0 bridgehead atoms. The molecule has 0 amide bonds. The number of phenols is 2. The third-order valence-corrected chi connectivity index (χ3v) is 7.90. The van der Waals surface area contributed by atoms with Crippen molar-refractivity contribution in [3.05, 3.63) is 141 Å². The Hall–Kier alpha value is -4.18. The summed E-state index contributed by atoms with van der Waals surface area (Å²) in [6.45, 7) is 4.21. The van der Waals surface area contributed by atoms with Crippen molar-refractivity contribution in [1.29, 1.82) is 0 Å². The third kappa shape index (κ3) is 3.67. The van der Waals surface area contributed by atoms with Gasteiger partial charge in [-0.3, -0.25) is 0 Å². The van der Waals surface area contributed by atoms with Crippen LogP contribution in [0.25, 0.3) is 12.2 Å². The molecule has 2 aliphatic rings. The first-order valence-corrected chi connectivity index (χ1v) is 12.3. The summed E-state index contributed by atoms with van der Waals surface area (Å²) in [4.78, 5) is 0. The minimum absolute atomic E-state index is 0.0350. The summed E-state index contributed by atoms with van der Waals surface area (Å²) in [6, 6.07) is 24.0. The van der Waals surface area contributed by atoms with Gasteiger partial charge in [-0.1, -0.05) is 74.5 Å². The Balaban J connectivity index is 1.55. The molecule has 6 rings (SSSR count). The van der Waals surface area contributed by atoms with Gasteiger partial charge in [-0.05, 0) is 69.8 Å². The molecule has 0 aromatic heterocycles. The molecule has 2 aliphatic carbocycles. The lowest BCUT2D eigenvalue weighted by Crippen LogP contribution is -2.24. The fourth-order valence-electron chi connectivity index (χ4n) is 6.08. The van der Waals surface area contributed by atoms with Crippen molar-refractivity contribution < 1.29 is 19.0 Å². The number of aromatic hydroxyl groups is 2. The van der Waals surface area contributed by atoms with Gasteiger partial charge in [0.2, 0.25) is 0 Å². The van der Waals surface area contributed by atoms with Gasteiger partial charge in [0.1, 0.15) is 23.1 Å². The Morgan fingerprint density at radius 3 is 1.41 bits per heavy atom. The van der Waals surface area contributed by atoms with E-state index in [1.165, 1.54) is 36.4 Å². The standard InChI is InChI=1S/C33H26F2O2/c1-33(2,27-15-19-7-3-5-9-23(19)31(27)25-17-21(34)11-13-29(25)36)28-16-20-8-4-6-10-24(20)32(28)26-18-22(35)12-14-30(26)37/h3-18,31-32,36-37H,1-2H3. The van der Waals surface area contributed by atoms with E-state index in [2.05, 4.69) is 26.0 Å². The molecule has 0 saturated heterocycles. The fraction of sp³-hybridized carbons (Fsp3) is 0.152. The predicted octanol–water partition coefficient (Wildman–Crippen LogP) is 8.16.